The van der Waals surface area contributed by atoms with Crippen LogP contribution >= 0.6 is 0 Å². The van der Waals surface area contributed by atoms with E-state index in [-0.39, 0.29) is 5.91 Å². The van der Waals surface area contributed by atoms with Gasteiger partial charge in [0, 0.05) is 62.7 Å². The van der Waals surface area contributed by atoms with Gasteiger partial charge in [0.15, 0.2) is 5.69 Å². The Hall–Kier alpha value is -2.15. The molecule has 3 rings (SSSR count). The summed E-state index contributed by atoms with van der Waals surface area (Å²) >= 11 is 0. The first-order valence-electron chi connectivity index (χ1n) is 8.24. The molecule has 0 unspecified atom stereocenters. The molecule has 0 aliphatic carbocycles. The molecule has 124 valence electrons. The van der Waals surface area contributed by atoms with Crippen molar-refractivity contribution in [3.63, 3.8) is 0 Å². The molecular weight excluding hydrogens is 292 g/mol. The van der Waals surface area contributed by atoms with Crippen LogP contribution in [0.25, 0.3) is 0 Å². The number of carbonyl (C=O) groups excluding carboxylic acids is 1. The molecule has 0 spiro atoms. The smallest absolute Gasteiger partial charge is 0.271 e. The van der Waals surface area contributed by atoms with Gasteiger partial charge in [-0.1, -0.05) is 13.3 Å². The number of rotatable bonds is 6. The van der Waals surface area contributed by atoms with Crippen molar-refractivity contribution in [2.75, 3.05) is 13.6 Å². The van der Waals surface area contributed by atoms with Crippen LogP contribution in [0.15, 0.2) is 6.20 Å². The number of unbranched alkanes of at least 4 members (excludes halogenated alkanes) is 1. The van der Waals surface area contributed by atoms with Gasteiger partial charge in [-0.2, -0.15) is 5.10 Å². The minimum atomic E-state index is -0.132. The molecule has 1 amide bonds. The largest absolute Gasteiger partial charge is 0.354 e. The number of nitrogens with zero attached hydrogens (tertiary/aromatic N) is 3. The lowest BCUT2D eigenvalue weighted by Gasteiger charge is -2.26. The fourth-order valence-corrected chi connectivity index (χ4v) is 2.99. The van der Waals surface area contributed by atoms with Gasteiger partial charge < -0.3 is 10.3 Å². The quantitative estimate of drug-likeness (QED) is 0.751. The van der Waals surface area contributed by atoms with Gasteiger partial charge in [-0.3, -0.25) is 14.8 Å². The molecule has 2 aromatic heterocycles. The summed E-state index contributed by atoms with van der Waals surface area (Å²) in [5.74, 6) is 0.932. The maximum atomic E-state index is 11.9. The predicted molar refractivity (Wildman–Crippen MR) is 87.0 cm³/mol. The first kappa shape index (κ1) is 15.7. The Labute approximate surface area is 135 Å². The number of hydrogen-bond acceptors (Lipinski definition) is 4. The van der Waals surface area contributed by atoms with E-state index in [0.29, 0.717) is 5.69 Å². The van der Waals surface area contributed by atoms with E-state index in [1.807, 2.05) is 6.20 Å². The molecule has 0 bridgehead atoms. The lowest BCUT2D eigenvalue weighted by atomic mass is 10.0. The number of aromatic amines is 2. The monoisotopic (exact) mass is 316 g/mol. The van der Waals surface area contributed by atoms with Crippen molar-refractivity contribution in [3.05, 3.63) is 34.7 Å². The van der Waals surface area contributed by atoms with Crippen LogP contribution in [-0.4, -0.2) is 44.6 Å². The van der Waals surface area contributed by atoms with Crippen LogP contribution in [0.4, 0.5) is 0 Å². The van der Waals surface area contributed by atoms with E-state index in [0.717, 1.165) is 61.7 Å². The number of nitrogens with one attached hydrogen (secondary N) is 3. The fraction of sp³-hybridized carbons (Fsp3) is 0.562. The second kappa shape index (κ2) is 6.95. The number of imidazole rings is 1. The highest BCUT2D eigenvalue weighted by Crippen LogP contribution is 2.21. The Kier molecular flexibility index (Phi) is 4.76. The van der Waals surface area contributed by atoms with Gasteiger partial charge in [-0.15, -0.1) is 0 Å². The number of aromatic nitrogens is 4. The Balaban J connectivity index is 1.66. The number of hydrogen-bond donors (Lipinski definition) is 3. The summed E-state index contributed by atoms with van der Waals surface area (Å²) in [7, 11) is 1.63. The Morgan fingerprint density at radius 3 is 3.13 bits per heavy atom. The summed E-state index contributed by atoms with van der Waals surface area (Å²) in [6, 6.07) is 0. The van der Waals surface area contributed by atoms with Gasteiger partial charge in [0.05, 0.1) is 0 Å². The summed E-state index contributed by atoms with van der Waals surface area (Å²) in [6.45, 7) is 4.69. The van der Waals surface area contributed by atoms with E-state index in [4.69, 9.17) is 0 Å². The van der Waals surface area contributed by atoms with E-state index in [2.05, 4.69) is 37.3 Å². The van der Waals surface area contributed by atoms with Gasteiger partial charge in [-0.05, 0) is 6.42 Å². The van der Waals surface area contributed by atoms with E-state index in [9.17, 15) is 4.79 Å². The topological polar surface area (TPSA) is 89.7 Å². The predicted octanol–water partition coefficient (Wildman–Crippen LogP) is 1.39. The molecule has 7 heteroatoms. The van der Waals surface area contributed by atoms with Crippen LogP contribution < -0.4 is 5.32 Å². The molecule has 1 aliphatic rings. The maximum Gasteiger partial charge on any atom is 0.271 e. The van der Waals surface area contributed by atoms with Crippen molar-refractivity contribution in [1.82, 2.24) is 30.4 Å². The van der Waals surface area contributed by atoms with Gasteiger partial charge in [0.1, 0.15) is 5.82 Å². The Bertz CT molecular complexity index is 674. The third kappa shape index (κ3) is 3.44. The second-order valence-corrected chi connectivity index (χ2v) is 6.03. The molecule has 0 saturated heterocycles. The summed E-state index contributed by atoms with van der Waals surface area (Å²) in [5.41, 5.74) is 3.74. The minimum Gasteiger partial charge on any atom is -0.354 e. The van der Waals surface area contributed by atoms with E-state index in [1.165, 1.54) is 6.42 Å². The van der Waals surface area contributed by atoms with E-state index in [1.54, 1.807) is 7.05 Å². The molecular formula is C16H24N6O. The molecule has 0 aromatic carbocycles. The SMILES string of the molecule is CCCCc1ncc(CN2CCc3[nH]nc(C(=O)NC)c3C2)[nH]1. The Morgan fingerprint density at radius 1 is 1.48 bits per heavy atom. The number of H-pyrrole nitrogens is 2. The van der Waals surface area contributed by atoms with E-state index >= 15 is 0 Å². The molecule has 7 nitrogen and oxygen atoms in total. The number of aryl methyl sites for hydroxylation is 1. The van der Waals surface area contributed by atoms with Crippen LogP contribution in [0.3, 0.4) is 0 Å². The van der Waals surface area contributed by atoms with Crippen LogP contribution in [0.1, 0.15) is 53.0 Å². The Morgan fingerprint density at radius 2 is 2.35 bits per heavy atom. The third-order valence-electron chi connectivity index (χ3n) is 4.30. The molecule has 3 heterocycles. The van der Waals surface area contributed by atoms with Crippen LogP contribution in [-0.2, 0) is 25.9 Å². The summed E-state index contributed by atoms with van der Waals surface area (Å²) in [5, 5.41) is 9.81. The summed E-state index contributed by atoms with van der Waals surface area (Å²) < 4.78 is 0. The highest BCUT2D eigenvalue weighted by atomic mass is 16.1. The van der Waals surface area contributed by atoms with Gasteiger partial charge in [-0.25, -0.2) is 4.98 Å². The number of fused-ring (bicyclic) bond motifs is 1. The fourth-order valence-electron chi connectivity index (χ4n) is 2.99. The first-order valence-corrected chi connectivity index (χ1v) is 8.24. The molecule has 23 heavy (non-hydrogen) atoms. The second-order valence-electron chi connectivity index (χ2n) is 6.03. The third-order valence-corrected chi connectivity index (χ3v) is 4.30. The zero-order chi connectivity index (χ0) is 16.2. The van der Waals surface area contributed by atoms with Crippen LogP contribution in [0, 0.1) is 0 Å². The average molecular weight is 316 g/mol. The normalized spacial score (nSPS) is 14.7. The zero-order valence-corrected chi connectivity index (χ0v) is 13.8. The van der Waals surface area contributed by atoms with Gasteiger partial charge in [0.2, 0.25) is 0 Å². The molecule has 1 aliphatic heterocycles. The van der Waals surface area contributed by atoms with Crippen molar-refractivity contribution in [1.29, 1.82) is 0 Å². The number of carbonyl (C=O) groups is 1. The van der Waals surface area contributed by atoms with Crippen LogP contribution in [0.2, 0.25) is 0 Å². The van der Waals surface area contributed by atoms with Crippen molar-refractivity contribution in [3.8, 4) is 0 Å². The molecule has 0 saturated carbocycles. The van der Waals surface area contributed by atoms with Crippen molar-refractivity contribution in [2.24, 2.45) is 0 Å². The molecule has 0 fully saturated rings. The van der Waals surface area contributed by atoms with E-state index < -0.39 is 0 Å². The lowest BCUT2D eigenvalue weighted by Crippen LogP contribution is -2.31. The lowest BCUT2D eigenvalue weighted by molar-refractivity contribution is 0.0955. The average Bonchev–Trinajstić information content (AvgIpc) is 3.18. The highest BCUT2D eigenvalue weighted by Gasteiger charge is 2.25. The minimum absolute atomic E-state index is 0.132. The first-order chi connectivity index (χ1) is 11.2. The highest BCUT2D eigenvalue weighted by molar-refractivity contribution is 5.93. The van der Waals surface area contributed by atoms with Crippen molar-refractivity contribution >= 4 is 5.91 Å². The summed E-state index contributed by atoms with van der Waals surface area (Å²) in [4.78, 5) is 22.1. The number of amides is 1. The molecule has 2 aromatic rings. The zero-order valence-electron chi connectivity index (χ0n) is 13.8. The molecule has 0 atom stereocenters. The van der Waals surface area contributed by atoms with Gasteiger partial charge in [0.25, 0.3) is 5.91 Å². The standard InChI is InChI=1S/C16H24N6O/c1-3-4-5-14-18-8-11(19-14)9-22-7-6-13-12(10-22)15(21-20-13)16(23)17-2/h8H,3-7,9-10H2,1-2H3,(H,17,23)(H,18,19)(H,20,21). The van der Waals surface area contributed by atoms with Gasteiger partial charge >= 0.3 is 0 Å². The maximum absolute atomic E-state index is 11.9. The summed E-state index contributed by atoms with van der Waals surface area (Å²) in [6.07, 6.45) is 6.15. The molecule has 3 N–H and O–H groups in total. The van der Waals surface area contributed by atoms with Crippen molar-refractivity contribution < 1.29 is 4.79 Å². The van der Waals surface area contributed by atoms with Crippen LogP contribution in [0.5, 0.6) is 0 Å². The molecule has 0 radical (unpaired) electrons. The van der Waals surface area contributed by atoms with Crippen molar-refractivity contribution in [2.45, 2.75) is 45.7 Å².